The molecule has 256 valence electrons. The number of amides is 2. The van der Waals surface area contributed by atoms with Crippen LogP contribution in [0.25, 0.3) is 17.0 Å². The zero-order chi connectivity index (χ0) is 33.9. The lowest BCUT2D eigenvalue weighted by Gasteiger charge is -2.32. The Morgan fingerprint density at radius 1 is 0.875 bits per heavy atom. The van der Waals surface area contributed by atoms with Crippen molar-refractivity contribution in [1.29, 1.82) is 0 Å². The molecule has 13 nitrogen and oxygen atoms in total. The van der Waals surface area contributed by atoms with E-state index in [9.17, 15) is 14.4 Å². The number of rotatable bonds is 8. The molecule has 0 spiro atoms. The van der Waals surface area contributed by atoms with Crippen molar-refractivity contribution in [2.75, 3.05) is 94.2 Å². The molecule has 2 fully saturated rings. The Bertz CT molecular complexity index is 1720. The number of carbonyl (C=O) groups is 3. The van der Waals surface area contributed by atoms with E-state index in [0.717, 1.165) is 49.1 Å². The number of Topliss-reactive ketones (excluding diaryl/α,β-unsaturated/α-hetero) is 1. The fourth-order valence-corrected chi connectivity index (χ4v) is 6.12. The average Bonchev–Trinajstić information content (AvgIpc) is 3.57. The summed E-state index contributed by atoms with van der Waals surface area (Å²) >= 11 is 0. The van der Waals surface area contributed by atoms with Crippen LogP contribution in [0.5, 0.6) is 23.0 Å². The van der Waals surface area contributed by atoms with Crippen molar-refractivity contribution < 1.29 is 33.3 Å². The average molecular weight is 661 g/mol. The van der Waals surface area contributed by atoms with E-state index in [4.69, 9.17) is 18.9 Å². The molecule has 3 aliphatic heterocycles. The molecule has 1 aromatic heterocycles. The van der Waals surface area contributed by atoms with Gasteiger partial charge in [-0.1, -0.05) is 0 Å². The highest BCUT2D eigenvalue weighted by Gasteiger charge is 2.35. The number of aromatic nitrogens is 1. The molecule has 2 saturated heterocycles. The maximum Gasteiger partial charge on any atom is 0.415 e. The van der Waals surface area contributed by atoms with E-state index in [0.29, 0.717) is 45.0 Å². The van der Waals surface area contributed by atoms with Gasteiger partial charge in [-0.2, -0.15) is 0 Å². The van der Waals surface area contributed by atoms with E-state index >= 15 is 0 Å². The molecule has 4 heterocycles. The molecule has 2 amide bonds. The van der Waals surface area contributed by atoms with Crippen LogP contribution in [0, 0.1) is 0 Å². The number of piperazine rings is 2. The lowest BCUT2D eigenvalue weighted by Crippen LogP contribution is -2.48. The first-order chi connectivity index (χ1) is 23.1. The summed E-state index contributed by atoms with van der Waals surface area (Å²) in [7, 11) is 9.71. The summed E-state index contributed by atoms with van der Waals surface area (Å²) in [5, 5.41) is 0.905. The van der Waals surface area contributed by atoms with E-state index in [1.165, 1.54) is 12.1 Å². The van der Waals surface area contributed by atoms with Crippen molar-refractivity contribution in [2.45, 2.75) is 13.0 Å². The van der Waals surface area contributed by atoms with Gasteiger partial charge in [-0.05, 0) is 65.4 Å². The number of nitrogens with zero attached hydrogens (tertiary/aromatic N) is 6. The van der Waals surface area contributed by atoms with Gasteiger partial charge in [0.25, 0.3) is 0 Å². The molecule has 3 aromatic rings. The first-order valence-corrected chi connectivity index (χ1v) is 16.3. The largest absolute Gasteiger partial charge is 0.497 e. The van der Waals surface area contributed by atoms with Crippen molar-refractivity contribution in [3.63, 3.8) is 0 Å². The molecular formula is C35H44N6O7. The van der Waals surface area contributed by atoms with E-state index < -0.39 is 18.0 Å². The number of fused-ring (bicyclic) bond motifs is 2. The molecule has 0 atom stereocenters. The summed E-state index contributed by atoms with van der Waals surface area (Å²) in [4.78, 5) is 50.0. The molecule has 0 unspecified atom stereocenters. The monoisotopic (exact) mass is 660 g/mol. The molecule has 0 aliphatic carbocycles. The minimum Gasteiger partial charge on any atom is -0.497 e. The van der Waals surface area contributed by atoms with Crippen molar-refractivity contribution in [3.05, 3.63) is 53.4 Å². The summed E-state index contributed by atoms with van der Waals surface area (Å²) in [5.74, 6) is 0.594. The third-order valence-corrected chi connectivity index (χ3v) is 9.05. The number of hydrogen-bond acceptors (Lipinski definition) is 10. The highest BCUT2D eigenvalue weighted by Crippen LogP contribution is 2.42. The van der Waals surface area contributed by atoms with Crippen LogP contribution in [-0.4, -0.2) is 141 Å². The fourth-order valence-electron chi connectivity index (χ4n) is 6.12. The van der Waals surface area contributed by atoms with Gasteiger partial charge in [0.2, 0.25) is 5.78 Å². The lowest BCUT2D eigenvalue weighted by atomic mass is 10.1. The Balaban J connectivity index is 1.32. The molecule has 2 aromatic carbocycles. The number of ketones is 1. The van der Waals surface area contributed by atoms with Crippen LogP contribution < -0.4 is 18.9 Å². The highest BCUT2D eigenvalue weighted by atomic mass is 16.6. The number of ether oxygens (including phenoxy) is 4. The summed E-state index contributed by atoms with van der Waals surface area (Å²) in [6.07, 6.45) is 3.55. The topological polar surface area (TPSA) is 109 Å². The SMILES string of the molecule is COc1ccc2c(c1)c(C=C1Oc3cc(OC(=O)N4CCN(C)CC4)cc(OC(=O)N4CCN(C)CC4)c3C1=O)cn2CCCN(C)C. The van der Waals surface area contributed by atoms with Crippen LogP contribution in [0.1, 0.15) is 22.3 Å². The van der Waals surface area contributed by atoms with Crippen LogP contribution in [0.2, 0.25) is 0 Å². The fraction of sp³-hybridized carbons (Fsp3) is 0.457. The third-order valence-electron chi connectivity index (χ3n) is 9.05. The zero-order valence-corrected chi connectivity index (χ0v) is 28.4. The number of hydrogen-bond donors (Lipinski definition) is 0. The summed E-state index contributed by atoms with van der Waals surface area (Å²) in [6.45, 7) is 6.64. The van der Waals surface area contributed by atoms with E-state index in [-0.39, 0.29) is 28.6 Å². The Morgan fingerprint density at radius 3 is 2.15 bits per heavy atom. The zero-order valence-electron chi connectivity index (χ0n) is 28.4. The number of likely N-dealkylation sites (N-methyl/N-ethyl adjacent to an activating group) is 2. The van der Waals surface area contributed by atoms with E-state index in [1.807, 2.05) is 52.6 Å². The molecule has 0 bridgehead atoms. The van der Waals surface area contributed by atoms with Gasteiger partial charge < -0.3 is 48.0 Å². The van der Waals surface area contributed by atoms with E-state index in [1.54, 1.807) is 23.0 Å². The van der Waals surface area contributed by atoms with Crippen LogP contribution in [0.3, 0.4) is 0 Å². The lowest BCUT2D eigenvalue weighted by molar-refractivity contribution is 0.101. The molecular weight excluding hydrogens is 616 g/mol. The van der Waals surface area contributed by atoms with Crippen molar-refractivity contribution in [3.8, 4) is 23.0 Å². The van der Waals surface area contributed by atoms with Crippen molar-refractivity contribution in [1.82, 2.24) is 29.1 Å². The van der Waals surface area contributed by atoms with Crippen molar-refractivity contribution in [2.24, 2.45) is 0 Å². The summed E-state index contributed by atoms with van der Waals surface area (Å²) in [5.41, 5.74) is 1.89. The minimum absolute atomic E-state index is 0.0150. The second-order valence-electron chi connectivity index (χ2n) is 12.9. The van der Waals surface area contributed by atoms with Gasteiger partial charge in [-0.15, -0.1) is 0 Å². The molecule has 13 heteroatoms. The Morgan fingerprint density at radius 2 is 1.52 bits per heavy atom. The predicted molar refractivity (Wildman–Crippen MR) is 181 cm³/mol. The second kappa shape index (κ2) is 14.3. The first kappa shape index (κ1) is 33.3. The number of benzene rings is 2. The van der Waals surface area contributed by atoms with Gasteiger partial charge >= 0.3 is 12.2 Å². The number of allylic oxidation sites excluding steroid dienone is 1. The van der Waals surface area contributed by atoms with Gasteiger partial charge in [-0.25, -0.2) is 9.59 Å². The minimum atomic E-state index is -0.578. The van der Waals surface area contributed by atoms with Gasteiger partial charge in [0.05, 0.1) is 7.11 Å². The normalized spacial score (nSPS) is 18.0. The van der Waals surface area contributed by atoms with Gasteiger partial charge in [-0.3, -0.25) is 4.79 Å². The van der Waals surface area contributed by atoms with Crippen LogP contribution >= 0.6 is 0 Å². The smallest absolute Gasteiger partial charge is 0.415 e. The van der Waals surface area contributed by atoms with Gasteiger partial charge in [0, 0.05) is 93.7 Å². The summed E-state index contributed by atoms with van der Waals surface area (Å²) < 4.78 is 25.4. The second-order valence-corrected chi connectivity index (χ2v) is 12.9. The molecule has 0 radical (unpaired) electrons. The number of aryl methyl sites for hydroxylation is 1. The molecule has 48 heavy (non-hydrogen) atoms. The maximum absolute atomic E-state index is 14.0. The van der Waals surface area contributed by atoms with Gasteiger partial charge in [0.1, 0.15) is 22.8 Å². The molecule has 3 aliphatic rings. The molecule has 0 saturated carbocycles. The number of carbonyl (C=O) groups excluding carboxylic acids is 3. The Labute approximate surface area is 280 Å². The third kappa shape index (κ3) is 7.28. The summed E-state index contributed by atoms with van der Waals surface area (Å²) in [6, 6.07) is 8.79. The van der Waals surface area contributed by atoms with Crippen LogP contribution in [-0.2, 0) is 6.54 Å². The van der Waals surface area contributed by atoms with Crippen molar-refractivity contribution >= 4 is 34.9 Å². The van der Waals surface area contributed by atoms with Crippen LogP contribution in [0.15, 0.2) is 42.3 Å². The predicted octanol–water partition coefficient (Wildman–Crippen LogP) is 3.71. The first-order valence-electron chi connectivity index (χ1n) is 16.3. The maximum atomic E-state index is 14.0. The van der Waals surface area contributed by atoms with E-state index in [2.05, 4.69) is 19.3 Å². The molecule has 6 rings (SSSR count). The van der Waals surface area contributed by atoms with Gasteiger partial charge in [0.15, 0.2) is 11.5 Å². The quantitative estimate of drug-likeness (QED) is 0.332. The standard InChI is InChI=1S/C35H44N6O7/c1-36(2)9-6-10-41-23-24(27-20-25(45-5)7-8-28(27)41)19-31-33(42)32-29(47-31)21-26(46-34(43)39-15-11-37(3)12-16-39)22-30(32)48-35(44)40-17-13-38(4)14-18-40/h7-8,19-23H,6,9-18H2,1-5H3. The Kier molecular flexibility index (Phi) is 9.90. The number of methoxy groups -OCH3 is 1. The van der Waals surface area contributed by atoms with Crippen LogP contribution in [0.4, 0.5) is 9.59 Å². The Hall–Kier alpha value is -4.59. The molecule has 0 N–H and O–H groups in total. The highest BCUT2D eigenvalue weighted by molar-refractivity contribution is 6.17.